The molecule has 0 aromatic heterocycles. The second kappa shape index (κ2) is 24.0. The Morgan fingerprint density at radius 3 is 1.80 bits per heavy atom. The van der Waals surface area contributed by atoms with E-state index in [0.717, 1.165) is 43.4 Å². The second-order valence-corrected chi connectivity index (χ2v) is 8.43. The third-order valence-electron chi connectivity index (χ3n) is 5.09. The lowest BCUT2D eigenvalue weighted by Crippen LogP contribution is -2.29. The van der Waals surface area contributed by atoms with Gasteiger partial charge in [-0.1, -0.05) is 67.1 Å². The van der Waals surface area contributed by atoms with Crippen LogP contribution in [-0.4, -0.2) is 54.2 Å². The van der Waals surface area contributed by atoms with E-state index in [0.29, 0.717) is 25.1 Å². The van der Waals surface area contributed by atoms with E-state index in [1.807, 2.05) is 43.3 Å². The highest BCUT2D eigenvalue weighted by molar-refractivity contribution is 5.74. The van der Waals surface area contributed by atoms with Crippen LogP contribution in [-0.2, 0) is 22.4 Å². The van der Waals surface area contributed by atoms with Crippen LogP contribution in [0.1, 0.15) is 47.7 Å². The molecular weight excluding hydrogens is 510 g/mol. The standard InChI is InChI=1S/C9H10O2.C8H11N.C8H8O2.C6H14N2O2/c1-2-11-9-5-3-8(7-10)4-6-9;9-7-6-8-4-2-1-3-5-8;9-8(10)6-7-4-2-1-3-5-7;7-4-2-1-3-5(8)6(9)10/h3-7H,2H2,1H3;1-5H,6-7,9H2;1-5H,6H2,(H,9,10);5H,1-4,7-8H2,(H,9,10)/t;;;5-/m...0/s1. The van der Waals surface area contributed by atoms with Crippen molar-refractivity contribution in [3.05, 3.63) is 102 Å². The van der Waals surface area contributed by atoms with Gasteiger partial charge in [0.2, 0.25) is 0 Å². The van der Waals surface area contributed by atoms with E-state index in [-0.39, 0.29) is 6.42 Å². The summed E-state index contributed by atoms with van der Waals surface area (Å²) in [5, 5.41) is 16.7. The van der Waals surface area contributed by atoms with Gasteiger partial charge in [0.15, 0.2) is 0 Å². The Hall–Kier alpha value is -4.05. The van der Waals surface area contributed by atoms with Crippen LogP contribution in [0, 0.1) is 0 Å². The van der Waals surface area contributed by atoms with Gasteiger partial charge in [0, 0.05) is 5.56 Å². The minimum Gasteiger partial charge on any atom is -0.494 e. The zero-order valence-electron chi connectivity index (χ0n) is 23.2. The summed E-state index contributed by atoms with van der Waals surface area (Å²) in [6.45, 7) is 3.92. The summed E-state index contributed by atoms with van der Waals surface area (Å²) in [7, 11) is 0. The predicted molar refractivity (Wildman–Crippen MR) is 158 cm³/mol. The van der Waals surface area contributed by atoms with Crippen molar-refractivity contribution in [2.45, 2.75) is 45.1 Å². The lowest BCUT2D eigenvalue weighted by Gasteiger charge is -2.03. The Bertz CT molecular complexity index is 1050. The van der Waals surface area contributed by atoms with E-state index in [1.165, 1.54) is 5.56 Å². The number of carbonyl (C=O) groups is 3. The van der Waals surface area contributed by atoms with Crippen LogP contribution in [0.3, 0.4) is 0 Å². The van der Waals surface area contributed by atoms with Gasteiger partial charge in [0.1, 0.15) is 18.1 Å². The molecule has 3 aromatic rings. The molecule has 0 aliphatic heterocycles. The maximum Gasteiger partial charge on any atom is 0.320 e. The molecule has 0 saturated heterocycles. The molecule has 40 heavy (non-hydrogen) atoms. The fourth-order valence-corrected chi connectivity index (χ4v) is 3.02. The molecule has 0 radical (unpaired) electrons. The third kappa shape index (κ3) is 20.0. The van der Waals surface area contributed by atoms with Gasteiger partial charge < -0.3 is 32.2 Å². The molecule has 0 bridgehead atoms. The van der Waals surface area contributed by atoms with Gasteiger partial charge in [-0.3, -0.25) is 14.4 Å². The number of carbonyl (C=O) groups excluding carboxylic acids is 1. The zero-order valence-corrected chi connectivity index (χ0v) is 23.2. The van der Waals surface area contributed by atoms with E-state index in [1.54, 1.807) is 36.4 Å². The van der Waals surface area contributed by atoms with Gasteiger partial charge in [0.25, 0.3) is 0 Å². The maximum absolute atomic E-state index is 10.2. The Kier molecular flexibility index (Phi) is 21.6. The molecule has 0 amide bonds. The third-order valence-corrected chi connectivity index (χ3v) is 5.09. The molecular formula is C31H43N3O6. The average molecular weight is 554 g/mol. The molecule has 0 unspecified atom stereocenters. The normalized spacial score (nSPS) is 10.2. The van der Waals surface area contributed by atoms with Gasteiger partial charge in [-0.25, -0.2) is 0 Å². The molecule has 9 nitrogen and oxygen atoms in total. The first-order valence-electron chi connectivity index (χ1n) is 13.1. The van der Waals surface area contributed by atoms with Gasteiger partial charge in [-0.2, -0.15) is 0 Å². The quantitative estimate of drug-likeness (QED) is 0.164. The number of ether oxygens (including phenoxy) is 1. The second-order valence-electron chi connectivity index (χ2n) is 8.43. The molecule has 0 saturated carbocycles. The fraction of sp³-hybridized carbons (Fsp3) is 0.323. The minimum absolute atomic E-state index is 0.112. The maximum atomic E-state index is 10.2. The zero-order chi connectivity index (χ0) is 30.0. The van der Waals surface area contributed by atoms with E-state index < -0.39 is 18.0 Å². The van der Waals surface area contributed by atoms with Crippen LogP contribution in [0.15, 0.2) is 84.9 Å². The number of nitrogens with two attached hydrogens (primary N) is 3. The largest absolute Gasteiger partial charge is 0.494 e. The van der Waals surface area contributed by atoms with Crippen molar-refractivity contribution in [2.24, 2.45) is 17.2 Å². The van der Waals surface area contributed by atoms with Crippen LogP contribution in [0.4, 0.5) is 0 Å². The van der Waals surface area contributed by atoms with Crippen LogP contribution in [0.2, 0.25) is 0 Å². The lowest BCUT2D eigenvalue weighted by molar-refractivity contribution is -0.139. The van der Waals surface area contributed by atoms with Crippen LogP contribution < -0.4 is 21.9 Å². The van der Waals surface area contributed by atoms with Crippen LogP contribution >= 0.6 is 0 Å². The van der Waals surface area contributed by atoms with Crippen molar-refractivity contribution in [2.75, 3.05) is 19.7 Å². The Morgan fingerprint density at radius 2 is 1.38 bits per heavy atom. The van der Waals surface area contributed by atoms with E-state index in [2.05, 4.69) is 12.1 Å². The lowest BCUT2D eigenvalue weighted by atomic mass is 10.1. The molecule has 0 aliphatic rings. The highest BCUT2D eigenvalue weighted by Crippen LogP contribution is 2.10. The van der Waals surface area contributed by atoms with Crippen molar-refractivity contribution in [1.29, 1.82) is 0 Å². The van der Waals surface area contributed by atoms with Crippen LogP contribution in [0.5, 0.6) is 5.75 Å². The SMILES string of the molecule is CCOc1ccc(C=O)cc1.NCCCC[C@H](N)C(=O)O.NCCc1ccccc1.O=C(O)Cc1ccccc1. The highest BCUT2D eigenvalue weighted by Gasteiger charge is 2.09. The number of rotatable bonds is 12. The first-order valence-corrected chi connectivity index (χ1v) is 13.1. The van der Waals surface area contributed by atoms with Gasteiger partial charge in [-0.15, -0.1) is 0 Å². The topological polar surface area (TPSA) is 179 Å². The summed E-state index contributed by atoms with van der Waals surface area (Å²) in [5.41, 5.74) is 18.6. The molecule has 0 heterocycles. The monoisotopic (exact) mass is 553 g/mol. The number of hydrogen-bond donors (Lipinski definition) is 5. The summed E-state index contributed by atoms with van der Waals surface area (Å²) < 4.78 is 5.19. The Morgan fingerprint density at radius 1 is 0.825 bits per heavy atom. The number of aldehydes is 1. The van der Waals surface area contributed by atoms with Crippen molar-refractivity contribution in [3.63, 3.8) is 0 Å². The van der Waals surface area contributed by atoms with Crippen molar-refractivity contribution in [3.8, 4) is 5.75 Å². The molecule has 8 N–H and O–H groups in total. The van der Waals surface area contributed by atoms with Crippen molar-refractivity contribution < 1.29 is 29.3 Å². The molecule has 0 fully saturated rings. The first kappa shape index (κ1) is 35.9. The summed E-state index contributed by atoms with van der Waals surface area (Å²) in [4.78, 5) is 30.5. The number of carboxylic acids is 2. The average Bonchev–Trinajstić information content (AvgIpc) is 2.96. The highest BCUT2D eigenvalue weighted by atomic mass is 16.5. The number of unbranched alkanes of at least 4 members (excludes halogenated alkanes) is 1. The predicted octanol–water partition coefficient (Wildman–Crippen LogP) is 3.93. The number of hydrogen-bond acceptors (Lipinski definition) is 7. The van der Waals surface area contributed by atoms with Gasteiger partial charge >= 0.3 is 11.9 Å². The number of benzene rings is 3. The number of aliphatic carboxylic acids is 2. The molecule has 0 aliphatic carbocycles. The summed E-state index contributed by atoms with van der Waals surface area (Å²) in [5.74, 6) is -0.915. The summed E-state index contributed by atoms with van der Waals surface area (Å²) in [6.07, 6.45) is 4.08. The molecule has 9 heteroatoms. The summed E-state index contributed by atoms with van der Waals surface area (Å²) >= 11 is 0. The smallest absolute Gasteiger partial charge is 0.320 e. The fourth-order valence-electron chi connectivity index (χ4n) is 3.02. The molecule has 218 valence electrons. The minimum atomic E-state index is -0.933. The van der Waals surface area contributed by atoms with Crippen molar-refractivity contribution >= 4 is 18.2 Å². The van der Waals surface area contributed by atoms with Crippen molar-refractivity contribution in [1.82, 2.24) is 0 Å². The molecule has 0 spiro atoms. The number of carboxylic acid groups (broad SMARTS) is 2. The summed E-state index contributed by atoms with van der Waals surface area (Å²) in [6, 6.07) is 25.7. The molecule has 3 rings (SSSR count). The van der Waals surface area contributed by atoms with E-state index >= 15 is 0 Å². The van der Waals surface area contributed by atoms with Gasteiger partial charge in [0.05, 0.1) is 13.0 Å². The Labute approximate surface area is 237 Å². The van der Waals surface area contributed by atoms with Gasteiger partial charge in [-0.05, 0) is 74.7 Å². The van der Waals surface area contributed by atoms with E-state index in [4.69, 9.17) is 32.2 Å². The Balaban J connectivity index is 0.000000508. The van der Waals surface area contributed by atoms with Crippen LogP contribution in [0.25, 0.3) is 0 Å². The van der Waals surface area contributed by atoms with E-state index in [9.17, 15) is 14.4 Å². The molecule has 1 atom stereocenters. The molecule has 3 aromatic carbocycles. The first-order chi connectivity index (χ1) is 19.3.